The summed E-state index contributed by atoms with van der Waals surface area (Å²) in [4.78, 5) is 0. The molecule has 2 heteroatoms. The lowest BCUT2D eigenvalue weighted by atomic mass is 9.73. The van der Waals surface area contributed by atoms with Crippen LogP contribution in [0.15, 0.2) is 109 Å². The third-order valence-corrected chi connectivity index (χ3v) is 9.49. The summed E-state index contributed by atoms with van der Waals surface area (Å²) in [6.45, 7) is 23.6. The second kappa shape index (κ2) is 16.4. The van der Waals surface area contributed by atoms with Gasteiger partial charge in [0.05, 0.1) is 0 Å². The van der Waals surface area contributed by atoms with E-state index >= 15 is 0 Å². The van der Waals surface area contributed by atoms with Crippen LogP contribution in [0.2, 0.25) is 0 Å². The summed E-state index contributed by atoms with van der Waals surface area (Å²) in [5, 5.41) is 13.7. The fourth-order valence-electron chi connectivity index (χ4n) is 7.06. The number of allylic oxidation sites excluding steroid dienone is 1. The fraction of sp³-hybridized carbons (Fsp3) is 0.333. The van der Waals surface area contributed by atoms with Crippen LogP contribution >= 0.6 is 0 Å². The molecule has 5 aromatic rings. The van der Waals surface area contributed by atoms with E-state index < -0.39 is 0 Å². The maximum atomic E-state index is 10.1. The zero-order chi connectivity index (χ0) is 36.6. The summed E-state index contributed by atoms with van der Waals surface area (Å²) < 4.78 is 0. The maximum absolute atomic E-state index is 10.1. The molecular weight excluding hydrogens is 607 g/mol. The molecule has 0 unspecified atom stereocenters. The highest BCUT2D eigenvalue weighted by Crippen LogP contribution is 2.51. The number of aryl methyl sites for hydroxylation is 1. The minimum absolute atomic E-state index is 0.0725. The molecule has 0 aromatic heterocycles. The van der Waals surface area contributed by atoms with Crippen LogP contribution in [0.5, 0.6) is 5.75 Å². The second-order valence-electron chi connectivity index (χ2n) is 14.5. The van der Waals surface area contributed by atoms with Crippen molar-refractivity contribution < 1.29 is 5.11 Å². The lowest BCUT2D eigenvalue weighted by molar-refractivity contribution is 0.473. The molecule has 3 aliphatic rings. The molecule has 2 aliphatic carbocycles. The van der Waals surface area contributed by atoms with Crippen molar-refractivity contribution in [3.8, 4) is 28.0 Å². The van der Waals surface area contributed by atoms with E-state index in [4.69, 9.17) is 0 Å². The molecule has 0 spiro atoms. The van der Waals surface area contributed by atoms with Crippen molar-refractivity contribution in [3.63, 3.8) is 0 Å². The van der Waals surface area contributed by atoms with Gasteiger partial charge in [0, 0.05) is 22.2 Å². The van der Waals surface area contributed by atoms with E-state index in [0.717, 1.165) is 5.92 Å². The summed E-state index contributed by atoms with van der Waals surface area (Å²) in [6, 6.07) is 36.5. The fourth-order valence-corrected chi connectivity index (χ4v) is 7.06. The van der Waals surface area contributed by atoms with Crippen LogP contribution in [0, 0.1) is 5.92 Å². The highest BCUT2D eigenvalue weighted by molar-refractivity contribution is 5.85. The number of nitrogens with one attached hydrogen (secondary N) is 1. The van der Waals surface area contributed by atoms with Crippen molar-refractivity contribution in [2.75, 3.05) is 5.32 Å². The Labute approximate surface area is 303 Å². The van der Waals surface area contributed by atoms with Crippen LogP contribution in [0.25, 0.3) is 28.3 Å². The smallest absolute Gasteiger partial charge is 0.115 e. The largest absolute Gasteiger partial charge is 0.508 e. The van der Waals surface area contributed by atoms with Crippen LogP contribution in [0.1, 0.15) is 116 Å². The number of rotatable bonds is 1. The molecule has 1 aliphatic heterocycles. The zero-order valence-electron chi connectivity index (χ0n) is 32.4. The van der Waals surface area contributed by atoms with Gasteiger partial charge in [-0.2, -0.15) is 0 Å². The minimum Gasteiger partial charge on any atom is -0.508 e. The first-order valence-corrected chi connectivity index (χ1v) is 18.7. The molecule has 262 valence electrons. The first-order valence-electron chi connectivity index (χ1n) is 18.7. The normalized spacial score (nSPS) is 14.4. The van der Waals surface area contributed by atoms with E-state index in [0.29, 0.717) is 5.75 Å². The standard InChI is InChI=1S/C30H27NO.C10H10.C4H10.2C2H6/c1-29(2)23-7-5-6-8-27(23)31-28-14-10-19(16-26(28)29)18-9-12-21-22-13-11-20(32)17-25(22)30(3,4)24(21)15-18;1-2-6-10-8-4-3-7-9(10)5-1;1-4(2)3;2*1-2/h5-17,31-32H,1-4H3;1-3,5-7H,4,8H2;4H,1-3H3;2*1-2H3. The molecule has 0 atom stereocenters. The molecule has 8 rings (SSSR count). The number of benzene rings is 5. The molecule has 2 nitrogen and oxygen atoms in total. The van der Waals surface area contributed by atoms with Gasteiger partial charge in [-0.25, -0.2) is 0 Å². The van der Waals surface area contributed by atoms with Crippen molar-refractivity contribution in [1.29, 1.82) is 0 Å². The molecular formula is C48H59NO. The van der Waals surface area contributed by atoms with E-state index in [2.05, 4.69) is 151 Å². The van der Waals surface area contributed by atoms with Crippen LogP contribution < -0.4 is 5.32 Å². The molecule has 50 heavy (non-hydrogen) atoms. The number of aromatic hydroxyl groups is 1. The third-order valence-electron chi connectivity index (χ3n) is 9.49. The number of para-hydroxylation sites is 1. The molecule has 0 bridgehead atoms. The highest BCUT2D eigenvalue weighted by atomic mass is 16.3. The second-order valence-corrected chi connectivity index (χ2v) is 14.5. The van der Waals surface area contributed by atoms with Crippen molar-refractivity contribution in [2.24, 2.45) is 5.92 Å². The predicted molar refractivity (Wildman–Crippen MR) is 220 cm³/mol. The number of fused-ring (bicyclic) bond motifs is 6. The van der Waals surface area contributed by atoms with Gasteiger partial charge < -0.3 is 10.4 Å². The molecule has 5 aromatic carbocycles. The number of hydrogen-bond donors (Lipinski definition) is 2. The number of hydrogen-bond acceptors (Lipinski definition) is 2. The van der Waals surface area contributed by atoms with E-state index in [1.807, 2.05) is 39.8 Å². The molecule has 0 radical (unpaired) electrons. The SMILES string of the molecule is C1=Cc2ccccc2CC1.CC.CC.CC(C)C.CC1(C)c2ccccc2Nc2ccc(-c3ccc4c(c3)C(C)(C)c3cc(O)ccc3-4)cc21. The molecule has 0 saturated heterocycles. The molecule has 0 fully saturated rings. The van der Waals surface area contributed by atoms with Crippen LogP contribution in [0.3, 0.4) is 0 Å². The Morgan fingerprint density at radius 2 is 1.10 bits per heavy atom. The Hall–Kier alpha value is -4.56. The monoisotopic (exact) mass is 665 g/mol. The van der Waals surface area contributed by atoms with E-state index in [1.165, 1.54) is 79.9 Å². The Morgan fingerprint density at radius 3 is 1.78 bits per heavy atom. The lowest BCUT2D eigenvalue weighted by Gasteiger charge is -2.36. The third kappa shape index (κ3) is 7.91. The summed E-state index contributed by atoms with van der Waals surface area (Å²) in [6.07, 6.45) is 6.87. The van der Waals surface area contributed by atoms with Crippen molar-refractivity contribution in [1.82, 2.24) is 0 Å². The molecule has 1 heterocycles. The zero-order valence-corrected chi connectivity index (χ0v) is 32.4. The molecule has 2 N–H and O–H groups in total. The number of anilines is 2. The summed E-state index contributed by atoms with van der Waals surface area (Å²) >= 11 is 0. The van der Waals surface area contributed by atoms with E-state index in [1.54, 1.807) is 6.07 Å². The maximum Gasteiger partial charge on any atom is 0.115 e. The van der Waals surface area contributed by atoms with Crippen LogP contribution in [0.4, 0.5) is 11.4 Å². The van der Waals surface area contributed by atoms with Gasteiger partial charge in [-0.1, -0.05) is 155 Å². The van der Waals surface area contributed by atoms with Gasteiger partial charge in [0.25, 0.3) is 0 Å². The first kappa shape index (κ1) is 38.2. The summed E-state index contributed by atoms with van der Waals surface area (Å²) in [5.74, 6) is 1.16. The Bertz CT molecular complexity index is 1920. The quantitative estimate of drug-likeness (QED) is 0.187. The Balaban J connectivity index is 0.000000258. The Morgan fingerprint density at radius 1 is 0.580 bits per heavy atom. The first-order chi connectivity index (χ1) is 24.0. The van der Waals surface area contributed by atoms with Gasteiger partial charge in [0.2, 0.25) is 0 Å². The summed E-state index contributed by atoms with van der Waals surface area (Å²) in [5.41, 5.74) is 15.2. The molecule has 0 saturated carbocycles. The average molecular weight is 666 g/mol. The topological polar surface area (TPSA) is 32.3 Å². The van der Waals surface area contributed by atoms with Gasteiger partial charge in [-0.15, -0.1) is 0 Å². The number of phenols is 1. The van der Waals surface area contributed by atoms with Crippen molar-refractivity contribution in [2.45, 2.75) is 99.8 Å². The Kier molecular flexibility index (Phi) is 12.6. The minimum atomic E-state index is -0.145. The van der Waals surface area contributed by atoms with Gasteiger partial charge >= 0.3 is 0 Å². The highest BCUT2D eigenvalue weighted by Gasteiger charge is 2.36. The van der Waals surface area contributed by atoms with Gasteiger partial charge in [-0.3, -0.25) is 0 Å². The average Bonchev–Trinajstić information content (AvgIpc) is 3.35. The summed E-state index contributed by atoms with van der Waals surface area (Å²) in [7, 11) is 0. The van der Waals surface area contributed by atoms with Crippen molar-refractivity contribution in [3.05, 3.63) is 143 Å². The van der Waals surface area contributed by atoms with E-state index in [-0.39, 0.29) is 10.8 Å². The van der Waals surface area contributed by atoms with Crippen LogP contribution in [-0.2, 0) is 17.3 Å². The van der Waals surface area contributed by atoms with Gasteiger partial charge in [0.15, 0.2) is 0 Å². The number of phenolic OH excluding ortho intramolecular Hbond substituents is 1. The van der Waals surface area contributed by atoms with Crippen molar-refractivity contribution >= 4 is 17.5 Å². The van der Waals surface area contributed by atoms with Gasteiger partial charge in [0.1, 0.15) is 5.75 Å². The lowest BCUT2D eigenvalue weighted by Crippen LogP contribution is -2.25. The molecule has 0 amide bonds. The van der Waals surface area contributed by atoms with Crippen LogP contribution in [-0.4, -0.2) is 5.11 Å². The van der Waals surface area contributed by atoms with Gasteiger partial charge in [-0.05, 0) is 111 Å². The van der Waals surface area contributed by atoms with E-state index in [9.17, 15) is 5.11 Å². The predicted octanol–water partition coefficient (Wildman–Crippen LogP) is 14.1.